The lowest BCUT2D eigenvalue weighted by Crippen LogP contribution is -2.37. The lowest BCUT2D eigenvalue weighted by Gasteiger charge is -2.20. The van der Waals surface area contributed by atoms with Gasteiger partial charge in [-0.1, -0.05) is 12.1 Å². The van der Waals surface area contributed by atoms with Crippen LogP contribution in [0.15, 0.2) is 30.5 Å². The van der Waals surface area contributed by atoms with Crippen LogP contribution >= 0.6 is 0 Å². The normalized spacial score (nSPS) is 19.2. The zero-order chi connectivity index (χ0) is 17.2. The number of aliphatic hydroxyl groups is 1. The summed E-state index contributed by atoms with van der Waals surface area (Å²) >= 11 is 0. The van der Waals surface area contributed by atoms with Crippen molar-refractivity contribution in [3.05, 3.63) is 42.0 Å². The number of para-hydroxylation sites is 2. The molecule has 0 unspecified atom stereocenters. The summed E-state index contributed by atoms with van der Waals surface area (Å²) in [7, 11) is 0. The van der Waals surface area contributed by atoms with Crippen LogP contribution in [0.1, 0.15) is 16.3 Å². The Morgan fingerprint density at radius 2 is 2.16 bits per heavy atom. The standard InChI is InChI=1S/C16H19N7O2/c24-11-8-22(10-15-18-12-3-1-2-4-13(12)19-15)5-6-23(9-11)16(25)14-7-17-21-20-14/h1-4,7,11,24H,5-6,8-10H2,(H,18,19)(H,17,20,21)/t11-/m0/s1. The molecule has 0 spiro atoms. The molecule has 1 aliphatic rings. The number of rotatable bonds is 3. The Morgan fingerprint density at radius 1 is 1.28 bits per heavy atom. The van der Waals surface area contributed by atoms with Gasteiger partial charge >= 0.3 is 0 Å². The molecule has 0 saturated carbocycles. The number of carbonyl (C=O) groups excluding carboxylic acids is 1. The fourth-order valence-corrected chi connectivity index (χ4v) is 3.14. The number of imidazole rings is 1. The van der Waals surface area contributed by atoms with Gasteiger partial charge in [0.2, 0.25) is 0 Å². The van der Waals surface area contributed by atoms with Gasteiger partial charge in [0.1, 0.15) is 5.82 Å². The molecule has 2 aromatic heterocycles. The van der Waals surface area contributed by atoms with Gasteiger partial charge in [-0.15, -0.1) is 0 Å². The molecule has 1 aliphatic heterocycles. The van der Waals surface area contributed by atoms with Crippen LogP contribution < -0.4 is 0 Å². The minimum absolute atomic E-state index is 0.224. The number of nitrogens with one attached hydrogen (secondary N) is 2. The molecule has 1 atom stereocenters. The monoisotopic (exact) mass is 341 g/mol. The molecule has 0 aliphatic carbocycles. The van der Waals surface area contributed by atoms with Gasteiger partial charge in [-0.25, -0.2) is 4.98 Å². The summed E-state index contributed by atoms with van der Waals surface area (Å²) in [4.78, 5) is 24.0. The number of carbonyl (C=O) groups is 1. The van der Waals surface area contributed by atoms with Crippen LogP contribution in [0.5, 0.6) is 0 Å². The highest BCUT2D eigenvalue weighted by Crippen LogP contribution is 2.14. The van der Waals surface area contributed by atoms with E-state index < -0.39 is 6.10 Å². The van der Waals surface area contributed by atoms with E-state index in [2.05, 4.69) is 30.3 Å². The number of fused-ring (bicyclic) bond motifs is 1. The summed E-state index contributed by atoms with van der Waals surface area (Å²) < 4.78 is 0. The number of nitrogens with zero attached hydrogens (tertiary/aromatic N) is 5. The Kier molecular flexibility index (Phi) is 4.16. The van der Waals surface area contributed by atoms with Gasteiger partial charge in [0.15, 0.2) is 5.69 Å². The average Bonchev–Trinajstić information content (AvgIpc) is 3.22. The van der Waals surface area contributed by atoms with E-state index in [0.29, 0.717) is 26.2 Å². The van der Waals surface area contributed by atoms with Crippen LogP contribution in [0, 0.1) is 0 Å². The zero-order valence-electron chi connectivity index (χ0n) is 13.6. The van der Waals surface area contributed by atoms with E-state index >= 15 is 0 Å². The second kappa shape index (κ2) is 6.61. The number of hydrogen-bond acceptors (Lipinski definition) is 6. The van der Waals surface area contributed by atoms with Crippen LogP contribution in [0.3, 0.4) is 0 Å². The predicted octanol–water partition coefficient (Wildman–Crippen LogP) is -0.000100. The zero-order valence-corrected chi connectivity index (χ0v) is 13.6. The molecule has 0 radical (unpaired) electrons. The van der Waals surface area contributed by atoms with Gasteiger partial charge in [0, 0.05) is 26.2 Å². The lowest BCUT2D eigenvalue weighted by molar-refractivity contribution is 0.0657. The summed E-state index contributed by atoms with van der Waals surface area (Å²) in [5.74, 6) is 0.628. The summed E-state index contributed by atoms with van der Waals surface area (Å²) in [5, 5.41) is 20.2. The van der Waals surface area contributed by atoms with Crippen molar-refractivity contribution >= 4 is 16.9 Å². The fourth-order valence-electron chi connectivity index (χ4n) is 3.14. The first-order chi connectivity index (χ1) is 12.2. The average molecular weight is 341 g/mol. The summed E-state index contributed by atoms with van der Waals surface area (Å²) in [6, 6.07) is 7.87. The SMILES string of the molecule is O=C(c1cn[nH]n1)N1CCN(Cc2nc3ccccc3[nH]2)C[C@H](O)C1. The number of aromatic amines is 2. The van der Waals surface area contributed by atoms with E-state index in [4.69, 9.17) is 0 Å². The Balaban J connectivity index is 1.44. The van der Waals surface area contributed by atoms with Gasteiger partial charge in [0.25, 0.3) is 5.91 Å². The van der Waals surface area contributed by atoms with E-state index in [1.165, 1.54) is 6.20 Å². The van der Waals surface area contributed by atoms with Crippen LogP contribution in [0.4, 0.5) is 0 Å². The number of amides is 1. The molecule has 1 fully saturated rings. The molecule has 3 heterocycles. The van der Waals surface area contributed by atoms with Gasteiger partial charge in [0.05, 0.1) is 29.9 Å². The third-order valence-corrected chi connectivity index (χ3v) is 4.32. The van der Waals surface area contributed by atoms with Gasteiger partial charge in [-0.05, 0) is 12.1 Å². The second-order valence-electron chi connectivity index (χ2n) is 6.20. The molecule has 1 saturated heterocycles. The van der Waals surface area contributed by atoms with E-state index in [9.17, 15) is 9.90 Å². The highest BCUT2D eigenvalue weighted by molar-refractivity contribution is 5.91. The summed E-state index contributed by atoms with van der Waals surface area (Å²) in [5.41, 5.74) is 2.18. The van der Waals surface area contributed by atoms with Crippen LogP contribution in [-0.2, 0) is 6.54 Å². The van der Waals surface area contributed by atoms with Crippen molar-refractivity contribution in [2.45, 2.75) is 12.6 Å². The van der Waals surface area contributed by atoms with Crippen molar-refractivity contribution in [2.24, 2.45) is 0 Å². The van der Waals surface area contributed by atoms with E-state index in [1.807, 2.05) is 24.3 Å². The number of hydrogen-bond donors (Lipinski definition) is 3. The van der Waals surface area contributed by atoms with E-state index in [-0.39, 0.29) is 18.1 Å². The Morgan fingerprint density at radius 3 is 2.96 bits per heavy atom. The summed E-state index contributed by atoms with van der Waals surface area (Å²) in [6.45, 7) is 2.53. The topological polar surface area (TPSA) is 114 Å². The first-order valence-electron chi connectivity index (χ1n) is 8.18. The maximum Gasteiger partial charge on any atom is 0.276 e. The third-order valence-electron chi connectivity index (χ3n) is 4.32. The van der Waals surface area contributed by atoms with Crippen molar-refractivity contribution in [1.29, 1.82) is 0 Å². The molecule has 130 valence electrons. The van der Waals surface area contributed by atoms with Gasteiger partial charge in [-0.2, -0.15) is 15.4 Å². The number of β-amino-alcohol motifs (C(OH)–C–C–N with tert-alkyl or cyclic N) is 1. The Labute approximate surface area is 143 Å². The van der Waals surface area contributed by atoms with Crippen molar-refractivity contribution in [1.82, 2.24) is 35.2 Å². The molecule has 9 nitrogen and oxygen atoms in total. The van der Waals surface area contributed by atoms with Crippen molar-refractivity contribution < 1.29 is 9.90 Å². The highest BCUT2D eigenvalue weighted by atomic mass is 16.3. The molecule has 4 rings (SSSR count). The molecule has 3 aromatic rings. The molecular formula is C16H19N7O2. The minimum Gasteiger partial charge on any atom is -0.390 e. The maximum atomic E-state index is 12.4. The molecule has 1 aromatic carbocycles. The van der Waals surface area contributed by atoms with Crippen LogP contribution in [0.2, 0.25) is 0 Å². The van der Waals surface area contributed by atoms with Gasteiger partial charge < -0.3 is 15.0 Å². The molecule has 25 heavy (non-hydrogen) atoms. The quantitative estimate of drug-likeness (QED) is 0.618. The molecular weight excluding hydrogens is 322 g/mol. The van der Waals surface area contributed by atoms with E-state index in [0.717, 1.165) is 16.9 Å². The third kappa shape index (κ3) is 3.37. The van der Waals surface area contributed by atoms with Crippen molar-refractivity contribution in [3.63, 3.8) is 0 Å². The number of aromatic nitrogens is 5. The molecule has 0 bridgehead atoms. The second-order valence-corrected chi connectivity index (χ2v) is 6.20. The van der Waals surface area contributed by atoms with E-state index in [1.54, 1.807) is 4.90 Å². The molecule has 9 heteroatoms. The van der Waals surface area contributed by atoms with Crippen molar-refractivity contribution in [2.75, 3.05) is 26.2 Å². The first-order valence-corrected chi connectivity index (χ1v) is 8.18. The molecule has 1 amide bonds. The van der Waals surface area contributed by atoms with Crippen LogP contribution in [0.25, 0.3) is 11.0 Å². The van der Waals surface area contributed by atoms with Crippen molar-refractivity contribution in [3.8, 4) is 0 Å². The summed E-state index contributed by atoms with van der Waals surface area (Å²) in [6.07, 6.45) is 0.772. The number of H-pyrrole nitrogens is 2. The van der Waals surface area contributed by atoms with Gasteiger partial charge in [-0.3, -0.25) is 9.69 Å². The maximum absolute atomic E-state index is 12.4. The lowest BCUT2D eigenvalue weighted by atomic mass is 10.3. The fraction of sp³-hybridized carbons (Fsp3) is 0.375. The minimum atomic E-state index is -0.622. The smallest absolute Gasteiger partial charge is 0.276 e. The number of benzene rings is 1. The Bertz CT molecular complexity index is 827. The largest absolute Gasteiger partial charge is 0.390 e. The number of aliphatic hydroxyl groups excluding tert-OH is 1. The van der Waals surface area contributed by atoms with Crippen LogP contribution in [-0.4, -0.2) is 78.5 Å². The highest BCUT2D eigenvalue weighted by Gasteiger charge is 2.26. The Hall–Kier alpha value is -2.78. The predicted molar refractivity (Wildman–Crippen MR) is 89.7 cm³/mol. The first kappa shape index (κ1) is 15.7. The molecule has 3 N–H and O–H groups in total.